The first-order valence-corrected chi connectivity index (χ1v) is 11.1. The van der Waals surface area contributed by atoms with E-state index in [-0.39, 0.29) is 18.7 Å². The van der Waals surface area contributed by atoms with Gasteiger partial charge in [-0.05, 0) is 45.6 Å². The molecule has 2 rings (SSSR count). The predicted octanol–water partition coefficient (Wildman–Crippen LogP) is -0.817. The van der Waals surface area contributed by atoms with Gasteiger partial charge in [-0.3, -0.25) is 19.2 Å². The van der Waals surface area contributed by atoms with Gasteiger partial charge in [0, 0.05) is 12.1 Å². The Labute approximate surface area is 194 Å². The number of hydrogen-bond acceptors (Lipinski definition) is 6. The summed E-state index contributed by atoms with van der Waals surface area (Å²) in [5, 5.41) is 16.4. The van der Waals surface area contributed by atoms with E-state index in [1.165, 1.54) is 4.90 Å². The van der Waals surface area contributed by atoms with E-state index >= 15 is 0 Å². The third-order valence-electron chi connectivity index (χ3n) is 5.35. The maximum absolute atomic E-state index is 13.2. The van der Waals surface area contributed by atoms with Gasteiger partial charge in [0.2, 0.25) is 17.7 Å². The van der Waals surface area contributed by atoms with E-state index in [0.29, 0.717) is 19.4 Å². The monoisotopic (exact) mass is 461 g/mol. The summed E-state index contributed by atoms with van der Waals surface area (Å²) in [6.07, 6.45) is -0.720. The molecule has 0 aromatic heterocycles. The SMILES string of the molecule is CC(C)(C)NC(=O)[C@@H]1CCCN1C(=O)[C@@H](O)[C@H](Cc1ccccc1)NC(=O)[C@@H](N)CC(N)=O. The van der Waals surface area contributed by atoms with E-state index in [2.05, 4.69) is 10.6 Å². The number of nitrogens with zero attached hydrogens (tertiary/aromatic N) is 1. The fourth-order valence-corrected chi connectivity index (χ4v) is 3.81. The van der Waals surface area contributed by atoms with Gasteiger partial charge in [-0.25, -0.2) is 0 Å². The van der Waals surface area contributed by atoms with Crippen LogP contribution in [0.4, 0.5) is 0 Å². The molecule has 1 heterocycles. The molecule has 0 aliphatic carbocycles. The number of carbonyl (C=O) groups excluding carboxylic acids is 4. The maximum Gasteiger partial charge on any atom is 0.254 e. The summed E-state index contributed by atoms with van der Waals surface area (Å²) in [5.74, 6) is -2.37. The summed E-state index contributed by atoms with van der Waals surface area (Å²) < 4.78 is 0. The molecule has 0 spiro atoms. The maximum atomic E-state index is 13.2. The Kier molecular flexibility index (Phi) is 8.95. The molecule has 4 amide bonds. The number of aliphatic hydroxyl groups excluding tert-OH is 1. The zero-order valence-corrected chi connectivity index (χ0v) is 19.4. The molecule has 1 fully saturated rings. The van der Waals surface area contributed by atoms with E-state index in [0.717, 1.165) is 5.56 Å². The largest absolute Gasteiger partial charge is 0.381 e. The predicted molar refractivity (Wildman–Crippen MR) is 123 cm³/mol. The number of rotatable bonds is 9. The van der Waals surface area contributed by atoms with Gasteiger partial charge in [-0.2, -0.15) is 0 Å². The molecule has 0 radical (unpaired) electrons. The minimum atomic E-state index is -1.61. The molecule has 0 saturated carbocycles. The molecule has 1 aliphatic rings. The van der Waals surface area contributed by atoms with Crippen molar-refractivity contribution in [1.82, 2.24) is 15.5 Å². The second-order valence-corrected chi connectivity index (χ2v) is 9.46. The van der Waals surface area contributed by atoms with E-state index in [1.54, 1.807) is 24.3 Å². The van der Waals surface area contributed by atoms with Crippen molar-refractivity contribution in [3.63, 3.8) is 0 Å². The lowest BCUT2D eigenvalue weighted by atomic mass is 9.99. The zero-order chi connectivity index (χ0) is 24.8. The smallest absolute Gasteiger partial charge is 0.254 e. The molecule has 0 unspecified atom stereocenters. The lowest BCUT2D eigenvalue weighted by molar-refractivity contribution is -0.147. The average Bonchev–Trinajstić information content (AvgIpc) is 3.21. The number of benzene rings is 1. The summed E-state index contributed by atoms with van der Waals surface area (Å²) in [7, 11) is 0. The first kappa shape index (κ1) is 26.3. The van der Waals surface area contributed by atoms with Crippen molar-refractivity contribution in [2.24, 2.45) is 11.5 Å². The van der Waals surface area contributed by atoms with E-state index < -0.39 is 47.5 Å². The third kappa shape index (κ3) is 7.83. The van der Waals surface area contributed by atoms with Crippen LogP contribution < -0.4 is 22.1 Å². The molecule has 10 heteroatoms. The highest BCUT2D eigenvalue weighted by Gasteiger charge is 2.40. The van der Waals surface area contributed by atoms with Gasteiger partial charge < -0.3 is 32.1 Å². The van der Waals surface area contributed by atoms with Crippen LogP contribution in [0.15, 0.2) is 30.3 Å². The van der Waals surface area contributed by atoms with Crippen molar-refractivity contribution in [2.75, 3.05) is 6.54 Å². The molecule has 33 heavy (non-hydrogen) atoms. The Morgan fingerprint density at radius 1 is 1.18 bits per heavy atom. The molecule has 1 saturated heterocycles. The topological polar surface area (TPSA) is 168 Å². The highest BCUT2D eigenvalue weighted by atomic mass is 16.3. The fraction of sp³-hybridized carbons (Fsp3) is 0.565. The third-order valence-corrected chi connectivity index (χ3v) is 5.35. The van der Waals surface area contributed by atoms with Crippen LogP contribution >= 0.6 is 0 Å². The minimum Gasteiger partial charge on any atom is -0.381 e. The number of aliphatic hydroxyl groups is 1. The van der Waals surface area contributed by atoms with Crippen molar-refractivity contribution in [3.8, 4) is 0 Å². The van der Waals surface area contributed by atoms with E-state index in [9.17, 15) is 24.3 Å². The molecule has 4 atom stereocenters. The number of nitrogens with one attached hydrogen (secondary N) is 2. The van der Waals surface area contributed by atoms with Gasteiger partial charge in [0.05, 0.1) is 18.5 Å². The van der Waals surface area contributed by atoms with Crippen molar-refractivity contribution >= 4 is 23.6 Å². The van der Waals surface area contributed by atoms with Crippen LogP contribution in [-0.2, 0) is 25.6 Å². The molecule has 10 nitrogen and oxygen atoms in total. The molecule has 7 N–H and O–H groups in total. The number of likely N-dealkylation sites (tertiary alicyclic amines) is 1. The highest BCUT2D eigenvalue weighted by molar-refractivity contribution is 5.91. The molecular weight excluding hydrogens is 426 g/mol. The van der Waals surface area contributed by atoms with Crippen LogP contribution in [-0.4, -0.2) is 69.9 Å². The summed E-state index contributed by atoms with van der Waals surface area (Å²) in [5.41, 5.74) is 11.2. The molecule has 182 valence electrons. The first-order chi connectivity index (χ1) is 15.4. The van der Waals surface area contributed by atoms with Crippen LogP contribution in [0.25, 0.3) is 0 Å². The van der Waals surface area contributed by atoms with Crippen LogP contribution in [0.5, 0.6) is 0 Å². The quantitative estimate of drug-likeness (QED) is 0.322. The second kappa shape index (κ2) is 11.2. The summed E-state index contributed by atoms with van der Waals surface area (Å²) in [6.45, 7) is 5.87. The second-order valence-electron chi connectivity index (χ2n) is 9.46. The normalized spacial score (nSPS) is 18.8. The first-order valence-electron chi connectivity index (χ1n) is 11.1. The van der Waals surface area contributed by atoms with Gasteiger partial charge in [0.25, 0.3) is 5.91 Å². The number of nitrogens with two attached hydrogens (primary N) is 2. The van der Waals surface area contributed by atoms with Crippen LogP contribution in [0.2, 0.25) is 0 Å². The standard InChI is InChI=1S/C23H35N5O5/c1-23(2,3)27-21(32)17-10-7-11-28(17)22(33)19(30)16(12-14-8-5-4-6-9-14)26-20(31)15(24)13-18(25)29/h4-6,8-9,15-17,19,30H,7,10-13,24H2,1-3H3,(H2,25,29)(H,26,31)(H,27,32)/t15-,16-,17-,19-/m0/s1. The lowest BCUT2D eigenvalue weighted by Gasteiger charge is -2.32. The van der Waals surface area contributed by atoms with E-state index in [1.807, 2.05) is 26.8 Å². The van der Waals surface area contributed by atoms with Gasteiger partial charge in [0.15, 0.2) is 6.10 Å². The summed E-state index contributed by atoms with van der Waals surface area (Å²) in [4.78, 5) is 50.9. The number of carbonyl (C=O) groups is 4. The van der Waals surface area contributed by atoms with Crippen molar-refractivity contribution in [1.29, 1.82) is 0 Å². The number of amides is 4. The van der Waals surface area contributed by atoms with Crippen molar-refractivity contribution < 1.29 is 24.3 Å². The molecule has 1 aromatic rings. The summed E-state index contributed by atoms with van der Waals surface area (Å²) >= 11 is 0. The molecule has 1 aromatic carbocycles. The van der Waals surface area contributed by atoms with Crippen molar-refractivity contribution in [3.05, 3.63) is 35.9 Å². The van der Waals surface area contributed by atoms with Crippen LogP contribution in [0.1, 0.15) is 45.6 Å². The number of hydrogen-bond donors (Lipinski definition) is 5. The van der Waals surface area contributed by atoms with Gasteiger partial charge in [-0.15, -0.1) is 0 Å². The van der Waals surface area contributed by atoms with Gasteiger partial charge >= 0.3 is 0 Å². The van der Waals surface area contributed by atoms with Gasteiger partial charge in [0.1, 0.15) is 6.04 Å². The Balaban J connectivity index is 2.20. The average molecular weight is 462 g/mol. The zero-order valence-electron chi connectivity index (χ0n) is 19.4. The highest BCUT2D eigenvalue weighted by Crippen LogP contribution is 2.21. The molecule has 1 aliphatic heterocycles. The fourth-order valence-electron chi connectivity index (χ4n) is 3.81. The van der Waals surface area contributed by atoms with E-state index in [4.69, 9.17) is 11.5 Å². The van der Waals surface area contributed by atoms with Gasteiger partial charge in [-0.1, -0.05) is 30.3 Å². The van der Waals surface area contributed by atoms with Crippen LogP contribution in [0.3, 0.4) is 0 Å². The number of primary amides is 1. The Bertz CT molecular complexity index is 855. The Hall–Kier alpha value is -2.98. The lowest BCUT2D eigenvalue weighted by Crippen LogP contribution is -2.58. The summed E-state index contributed by atoms with van der Waals surface area (Å²) in [6, 6.07) is 6.10. The van der Waals surface area contributed by atoms with Crippen LogP contribution in [0, 0.1) is 0 Å². The van der Waals surface area contributed by atoms with Crippen molar-refractivity contribution in [2.45, 2.75) is 76.2 Å². The molecule has 0 bridgehead atoms. The Morgan fingerprint density at radius 2 is 1.82 bits per heavy atom. The minimum absolute atomic E-state index is 0.148. The Morgan fingerprint density at radius 3 is 2.39 bits per heavy atom. The molecular formula is C23H35N5O5.